The van der Waals surface area contributed by atoms with Gasteiger partial charge in [0, 0.05) is 11.6 Å². The summed E-state index contributed by atoms with van der Waals surface area (Å²) in [5, 5.41) is 6.26. The molecule has 0 radical (unpaired) electrons. The maximum Gasteiger partial charge on any atom is 0.416 e. The van der Waals surface area contributed by atoms with E-state index >= 15 is 0 Å². The van der Waals surface area contributed by atoms with Crippen LogP contribution in [0.25, 0.3) is 11.3 Å². The number of nitrogens with one attached hydrogen (secondary N) is 1. The maximum absolute atomic E-state index is 13.7. The molecular weight excluding hydrogens is 352 g/mol. The summed E-state index contributed by atoms with van der Waals surface area (Å²) in [6.45, 7) is -0.0161. The highest BCUT2D eigenvalue weighted by atomic mass is 19.4. The van der Waals surface area contributed by atoms with E-state index in [0.717, 1.165) is 24.3 Å². The third-order valence-electron chi connectivity index (χ3n) is 3.60. The third-order valence-corrected chi connectivity index (χ3v) is 3.60. The number of halogens is 4. The molecule has 0 fully saturated rings. The van der Waals surface area contributed by atoms with Gasteiger partial charge in [0.25, 0.3) is 5.91 Å². The topological polar surface area (TPSA) is 55.1 Å². The first-order valence-electron chi connectivity index (χ1n) is 7.50. The zero-order valence-electron chi connectivity index (χ0n) is 13.2. The lowest BCUT2D eigenvalue weighted by Crippen LogP contribution is -2.23. The second-order valence-electron chi connectivity index (χ2n) is 5.42. The number of alkyl halides is 3. The summed E-state index contributed by atoms with van der Waals surface area (Å²) in [6.07, 6.45) is -4.46. The standard InChI is InChI=1S/C18H12F4N2O2/c19-15-4-2-1-3-14(15)16-9-13(24-26-16)10-23-17(25)11-5-7-12(8-6-11)18(20,21)22/h1-9H,10H2,(H,23,25). The van der Waals surface area contributed by atoms with Crippen molar-refractivity contribution in [2.24, 2.45) is 0 Å². The van der Waals surface area contributed by atoms with E-state index in [2.05, 4.69) is 10.5 Å². The van der Waals surface area contributed by atoms with Crippen molar-refractivity contribution >= 4 is 5.91 Å². The average molecular weight is 364 g/mol. The lowest BCUT2D eigenvalue weighted by molar-refractivity contribution is -0.137. The van der Waals surface area contributed by atoms with E-state index in [0.29, 0.717) is 5.69 Å². The van der Waals surface area contributed by atoms with Crippen LogP contribution in [0, 0.1) is 5.82 Å². The van der Waals surface area contributed by atoms with Gasteiger partial charge < -0.3 is 9.84 Å². The predicted molar refractivity (Wildman–Crippen MR) is 84.5 cm³/mol. The van der Waals surface area contributed by atoms with Gasteiger partial charge >= 0.3 is 6.18 Å². The van der Waals surface area contributed by atoms with Crippen molar-refractivity contribution in [2.75, 3.05) is 0 Å². The first-order valence-corrected chi connectivity index (χ1v) is 7.50. The number of amides is 1. The van der Waals surface area contributed by atoms with Gasteiger partial charge in [-0.2, -0.15) is 13.2 Å². The largest absolute Gasteiger partial charge is 0.416 e. The van der Waals surface area contributed by atoms with E-state index < -0.39 is 23.5 Å². The maximum atomic E-state index is 13.7. The van der Waals surface area contributed by atoms with E-state index in [4.69, 9.17) is 4.52 Å². The zero-order chi connectivity index (χ0) is 18.7. The van der Waals surface area contributed by atoms with Gasteiger partial charge in [-0.15, -0.1) is 0 Å². The number of carbonyl (C=O) groups excluding carboxylic acids is 1. The molecule has 26 heavy (non-hydrogen) atoms. The van der Waals surface area contributed by atoms with Crippen LogP contribution in [0.5, 0.6) is 0 Å². The van der Waals surface area contributed by atoms with Crippen molar-refractivity contribution < 1.29 is 26.9 Å². The van der Waals surface area contributed by atoms with Gasteiger partial charge in [-0.25, -0.2) is 4.39 Å². The molecule has 3 aromatic rings. The number of nitrogens with zero attached hydrogens (tertiary/aromatic N) is 1. The number of hydrogen-bond donors (Lipinski definition) is 1. The lowest BCUT2D eigenvalue weighted by atomic mass is 10.1. The third kappa shape index (κ3) is 3.90. The Labute approximate surface area is 145 Å². The molecule has 1 aromatic heterocycles. The van der Waals surface area contributed by atoms with Crippen LogP contribution >= 0.6 is 0 Å². The molecule has 0 unspecified atom stereocenters. The SMILES string of the molecule is O=C(NCc1cc(-c2ccccc2F)on1)c1ccc(C(F)(F)F)cc1. The van der Waals surface area contributed by atoms with Gasteiger partial charge in [0.2, 0.25) is 0 Å². The molecule has 1 heterocycles. The lowest BCUT2D eigenvalue weighted by Gasteiger charge is -2.07. The van der Waals surface area contributed by atoms with Gasteiger partial charge in [-0.05, 0) is 36.4 Å². The Morgan fingerprint density at radius 1 is 1.08 bits per heavy atom. The van der Waals surface area contributed by atoms with Crippen molar-refractivity contribution in [3.8, 4) is 11.3 Å². The van der Waals surface area contributed by atoms with Crippen LogP contribution in [-0.2, 0) is 12.7 Å². The molecular formula is C18H12F4N2O2. The van der Waals surface area contributed by atoms with E-state index in [1.54, 1.807) is 12.1 Å². The Morgan fingerprint density at radius 2 is 1.77 bits per heavy atom. The number of benzene rings is 2. The Morgan fingerprint density at radius 3 is 2.42 bits per heavy atom. The monoisotopic (exact) mass is 364 g/mol. The van der Waals surface area contributed by atoms with Crippen LogP contribution in [0.1, 0.15) is 21.6 Å². The smallest absolute Gasteiger partial charge is 0.356 e. The van der Waals surface area contributed by atoms with Gasteiger partial charge in [-0.1, -0.05) is 17.3 Å². The highest BCUT2D eigenvalue weighted by Gasteiger charge is 2.30. The fourth-order valence-corrected chi connectivity index (χ4v) is 2.27. The molecule has 0 saturated heterocycles. The number of carbonyl (C=O) groups is 1. The quantitative estimate of drug-likeness (QED) is 0.697. The minimum atomic E-state index is -4.46. The van der Waals surface area contributed by atoms with Gasteiger partial charge in [0.05, 0.1) is 17.7 Å². The minimum Gasteiger partial charge on any atom is -0.356 e. The molecule has 0 aliphatic heterocycles. The molecule has 0 atom stereocenters. The first kappa shape index (κ1) is 17.7. The van der Waals surface area contributed by atoms with E-state index in [1.807, 2.05) is 0 Å². The van der Waals surface area contributed by atoms with Gasteiger partial charge in [-0.3, -0.25) is 4.79 Å². The molecule has 4 nitrogen and oxygen atoms in total. The fourth-order valence-electron chi connectivity index (χ4n) is 2.27. The summed E-state index contributed by atoms with van der Waals surface area (Å²) < 4.78 is 56.3. The molecule has 0 spiro atoms. The van der Waals surface area contributed by atoms with Crippen molar-refractivity contribution in [2.45, 2.75) is 12.7 Å². The fraction of sp³-hybridized carbons (Fsp3) is 0.111. The number of rotatable bonds is 4. The number of aromatic nitrogens is 1. The molecule has 3 rings (SSSR count). The Hall–Kier alpha value is -3.16. The Balaban J connectivity index is 1.64. The summed E-state index contributed by atoms with van der Waals surface area (Å²) >= 11 is 0. The molecule has 0 saturated carbocycles. The minimum absolute atomic E-state index is 0.0161. The predicted octanol–water partition coefficient (Wildman–Crippen LogP) is 4.43. The molecule has 134 valence electrons. The molecule has 0 aliphatic rings. The molecule has 2 aromatic carbocycles. The van der Waals surface area contributed by atoms with Crippen molar-refractivity contribution in [3.05, 3.63) is 77.2 Å². The Bertz CT molecular complexity index is 917. The highest BCUT2D eigenvalue weighted by Crippen LogP contribution is 2.29. The van der Waals surface area contributed by atoms with Gasteiger partial charge in [0.1, 0.15) is 11.5 Å². The molecule has 1 amide bonds. The summed E-state index contributed by atoms with van der Waals surface area (Å²) in [7, 11) is 0. The van der Waals surface area contributed by atoms with Crippen LogP contribution < -0.4 is 5.32 Å². The van der Waals surface area contributed by atoms with E-state index in [1.165, 1.54) is 18.2 Å². The molecule has 0 aliphatic carbocycles. The van der Waals surface area contributed by atoms with Crippen LogP contribution in [0.2, 0.25) is 0 Å². The van der Waals surface area contributed by atoms with Crippen molar-refractivity contribution in [1.29, 1.82) is 0 Å². The molecule has 1 N–H and O–H groups in total. The van der Waals surface area contributed by atoms with Crippen molar-refractivity contribution in [1.82, 2.24) is 10.5 Å². The normalized spacial score (nSPS) is 11.4. The zero-order valence-corrected chi connectivity index (χ0v) is 13.2. The highest BCUT2D eigenvalue weighted by molar-refractivity contribution is 5.94. The first-order chi connectivity index (χ1) is 12.3. The second-order valence-corrected chi connectivity index (χ2v) is 5.42. The molecule has 0 bridgehead atoms. The van der Waals surface area contributed by atoms with Crippen LogP contribution in [-0.4, -0.2) is 11.1 Å². The van der Waals surface area contributed by atoms with E-state index in [9.17, 15) is 22.4 Å². The second kappa shape index (κ2) is 6.99. The van der Waals surface area contributed by atoms with Gasteiger partial charge in [0.15, 0.2) is 5.76 Å². The number of hydrogen-bond acceptors (Lipinski definition) is 3. The summed E-state index contributed by atoms with van der Waals surface area (Å²) in [4.78, 5) is 12.0. The summed E-state index contributed by atoms with van der Waals surface area (Å²) in [6, 6.07) is 11.3. The summed E-state index contributed by atoms with van der Waals surface area (Å²) in [5.41, 5.74) is -0.167. The van der Waals surface area contributed by atoms with Crippen molar-refractivity contribution in [3.63, 3.8) is 0 Å². The Kier molecular flexibility index (Phi) is 4.75. The van der Waals surface area contributed by atoms with Crippen LogP contribution in [0.15, 0.2) is 59.1 Å². The molecule has 8 heteroatoms. The summed E-state index contributed by atoms with van der Waals surface area (Å²) in [5.74, 6) is -0.819. The average Bonchev–Trinajstić information content (AvgIpc) is 3.08. The van der Waals surface area contributed by atoms with Crippen LogP contribution in [0.4, 0.5) is 17.6 Å². The van der Waals surface area contributed by atoms with Crippen LogP contribution in [0.3, 0.4) is 0 Å². The van der Waals surface area contributed by atoms with E-state index in [-0.39, 0.29) is 23.4 Å².